The minimum Gasteiger partial charge on any atom is -0.494 e. The van der Waals surface area contributed by atoms with Gasteiger partial charge in [-0.3, -0.25) is 4.79 Å². The van der Waals surface area contributed by atoms with Crippen molar-refractivity contribution in [2.24, 2.45) is 0 Å². The molecule has 0 saturated carbocycles. The van der Waals surface area contributed by atoms with Crippen LogP contribution in [-0.2, 0) is 4.79 Å². The highest BCUT2D eigenvalue weighted by molar-refractivity contribution is 5.77. The highest BCUT2D eigenvalue weighted by atomic mass is 16.5. The van der Waals surface area contributed by atoms with E-state index in [1.54, 1.807) is 35.5 Å². The lowest BCUT2D eigenvalue weighted by Gasteiger charge is -2.31. The topological polar surface area (TPSA) is 73.8 Å². The van der Waals surface area contributed by atoms with Crippen LogP contribution in [0.3, 0.4) is 0 Å². The summed E-state index contributed by atoms with van der Waals surface area (Å²) in [5.74, 6) is 1.42. The van der Waals surface area contributed by atoms with Gasteiger partial charge < -0.3 is 19.1 Å². The summed E-state index contributed by atoms with van der Waals surface area (Å²) in [5, 5.41) is 0. The number of amides is 1. The van der Waals surface area contributed by atoms with E-state index in [1.807, 2.05) is 19.1 Å². The third kappa shape index (κ3) is 5.08. The maximum absolute atomic E-state index is 12.3. The Hall–Kier alpha value is -2.83. The van der Waals surface area contributed by atoms with Crippen LogP contribution in [0.5, 0.6) is 17.5 Å². The lowest BCUT2D eigenvalue weighted by atomic mass is 10.1. The van der Waals surface area contributed by atoms with E-state index in [9.17, 15) is 4.79 Å². The molecule has 0 bridgehead atoms. The molecule has 0 aliphatic carbocycles. The monoisotopic (exact) mass is 357 g/mol. The van der Waals surface area contributed by atoms with Gasteiger partial charge in [0.15, 0.2) is 6.61 Å². The summed E-state index contributed by atoms with van der Waals surface area (Å²) >= 11 is 0. The van der Waals surface area contributed by atoms with E-state index in [0.29, 0.717) is 31.5 Å². The van der Waals surface area contributed by atoms with E-state index in [-0.39, 0.29) is 18.6 Å². The summed E-state index contributed by atoms with van der Waals surface area (Å²) in [4.78, 5) is 22.3. The van der Waals surface area contributed by atoms with Crippen molar-refractivity contribution in [1.82, 2.24) is 14.9 Å². The molecule has 0 radical (unpaired) electrons. The number of ether oxygens (including phenoxy) is 3. The van der Waals surface area contributed by atoms with Gasteiger partial charge in [-0.2, -0.15) is 0 Å². The summed E-state index contributed by atoms with van der Waals surface area (Å²) in [5.41, 5.74) is 0. The van der Waals surface area contributed by atoms with Gasteiger partial charge in [-0.1, -0.05) is 0 Å². The van der Waals surface area contributed by atoms with E-state index >= 15 is 0 Å². The van der Waals surface area contributed by atoms with Crippen LogP contribution in [0.15, 0.2) is 42.7 Å². The van der Waals surface area contributed by atoms with Crippen LogP contribution >= 0.6 is 0 Å². The number of hydrogen-bond donors (Lipinski definition) is 0. The Balaban J connectivity index is 1.40. The summed E-state index contributed by atoms with van der Waals surface area (Å²) < 4.78 is 16.7. The molecule has 0 atom stereocenters. The maximum atomic E-state index is 12.3. The van der Waals surface area contributed by atoms with Crippen molar-refractivity contribution < 1.29 is 19.0 Å². The predicted octanol–water partition coefficient (Wildman–Crippen LogP) is 2.32. The molecule has 1 saturated heterocycles. The van der Waals surface area contributed by atoms with E-state index in [2.05, 4.69) is 9.97 Å². The van der Waals surface area contributed by atoms with Crippen molar-refractivity contribution in [1.29, 1.82) is 0 Å². The Morgan fingerprint density at radius 2 is 1.69 bits per heavy atom. The molecule has 1 aromatic carbocycles. The third-order valence-corrected chi connectivity index (χ3v) is 4.11. The molecule has 1 aliphatic rings. The molecule has 138 valence electrons. The molecule has 0 spiro atoms. The van der Waals surface area contributed by atoms with Crippen molar-refractivity contribution in [3.8, 4) is 17.5 Å². The van der Waals surface area contributed by atoms with Crippen molar-refractivity contribution in [2.75, 3.05) is 26.3 Å². The van der Waals surface area contributed by atoms with Crippen LogP contribution in [0, 0.1) is 0 Å². The summed E-state index contributed by atoms with van der Waals surface area (Å²) in [7, 11) is 0. The first-order valence-corrected chi connectivity index (χ1v) is 8.81. The number of likely N-dealkylation sites (tertiary alicyclic amines) is 1. The van der Waals surface area contributed by atoms with Crippen molar-refractivity contribution in [3.63, 3.8) is 0 Å². The molecule has 2 heterocycles. The third-order valence-electron chi connectivity index (χ3n) is 4.11. The summed E-state index contributed by atoms with van der Waals surface area (Å²) in [6, 6.07) is 9.40. The number of hydrogen-bond acceptors (Lipinski definition) is 6. The predicted molar refractivity (Wildman–Crippen MR) is 95.4 cm³/mol. The fourth-order valence-electron chi connectivity index (χ4n) is 2.75. The van der Waals surface area contributed by atoms with Gasteiger partial charge in [0.1, 0.15) is 17.6 Å². The number of piperidine rings is 1. The van der Waals surface area contributed by atoms with Crippen molar-refractivity contribution in [3.05, 3.63) is 42.7 Å². The molecule has 1 aliphatic heterocycles. The molecule has 2 aromatic rings. The fourth-order valence-corrected chi connectivity index (χ4v) is 2.75. The van der Waals surface area contributed by atoms with Gasteiger partial charge in [-0.05, 0) is 37.3 Å². The lowest BCUT2D eigenvalue weighted by molar-refractivity contribution is -0.135. The second kappa shape index (κ2) is 9.03. The number of aromatic nitrogens is 2. The zero-order valence-corrected chi connectivity index (χ0v) is 14.8. The van der Waals surface area contributed by atoms with Crippen LogP contribution in [0.2, 0.25) is 0 Å². The van der Waals surface area contributed by atoms with E-state index in [0.717, 1.165) is 18.6 Å². The second-order valence-electron chi connectivity index (χ2n) is 5.92. The largest absolute Gasteiger partial charge is 0.494 e. The normalized spacial score (nSPS) is 14.7. The molecule has 1 aromatic heterocycles. The van der Waals surface area contributed by atoms with Gasteiger partial charge in [0.25, 0.3) is 5.91 Å². The molecule has 0 unspecified atom stereocenters. The molecule has 26 heavy (non-hydrogen) atoms. The van der Waals surface area contributed by atoms with E-state index in [4.69, 9.17) is 14.2 Å². The molecule has 7 heteroatoms. The first kappa shape index (κ1) is 18.0. The molecule has 1 amide bonds. The van der Waals surface area contributed by atoms with Gasteiger partial charge >= 0.3 is 6.01 Å². The molecule has 1 fully saturated rings. The Morgan fingerprint density at radius 3 is 2.31 bits per heavy atom. The Kier molecular flexibility index (Phi) is 6.24. The molecular formula is C19H23N3O4. The Bertz CT molecular complexity index is 686. The maximum Gasteiger partial charge on any atom is 0.316 e. The van der Waals surface area contributed by atoms with E-state index in [1.165, 1.54) is 0 Å². The van der Waals surface area contributed by atoms with Crippen LogP contribution in [0.1, 0.15) is 19.8 Å². The summed E-state index contributed by atoms with van der Waals surface area (Å²) in [6.45, 7) is 3.87. The molecular weight excluding hydrogens is 334 g/mol. The Labute approximate surface area is 152 Å². The molecule has 0 N–H and O–H groups in total. The van der Waals surface area contributed by atoms with Crippen LogP contribution in [-0.4, -0.2) is 53.2 Å². The number of rotatable bonds is 7. The standard InChI is InChI=1S/C19H23N3O4/c1-2-24-15-4-6-16(7-5-15)25-14-18(23)22-12-8-17(9-13-22)26-19-20-10-3-11-21-19/h3-7,10-11,17H,2,8-9,12-14H2,1H3. The first-order valence-electron chi connectivity index (χ1n) is 8.81. The quantitative estimate of drug-likeness (QED) is 0.757. The van der Waals surface area contributed by atoms with Crippen LogP contribution in [0.4, 0.5) is 0 Å². The SMILES string of the molecule is CCOc1ccc(OCC(=O)N2CCC(Oc3ncccn3)CC2)cc1. The van der Waals surface area contributed by atoms with Gasteiger partial charge in [-0.25, -0.2) is 9.97 Å². The number of nitrogens with zero attached hydrogens (tertiary/aromatic N) is 3. The zero-order valence-electron chi connectivity index (χ0n) is 14.8. The minimum absolute atomic E-state index is 0.0201. The Morgan fingerprint density at radius 1 is 1.08 bits per heavy atom. The zero-order chi connectivity index (χ0) is 18.2. The van der Waals surface area contributed by atoms with Crippen LogP contribution in [0.25, 0.3) is 0 Å². The summed E-state index contributed by atoms with van der Waals surface area (Å²) in [6.07, 6.45) is 4.85. The lowest BCUT2D eigenvalue weighted by Crippen LogP contribution is -2.43. The van der Waals surface area contributed by atoms with Gasteiger partial charge in [0.05, 0.1) is 6.61 Å². The average molecular weight is 357 g/mol. The highest BCUT2D eigenvalue weighted by Crippen LogP contribution is 2.19. The number of carbonyl (C=O) groups is 1. The van der Waals surface area contributed by atoms with Gasteiger partial charge in [-0.15, -0.1) is 0 Å². The van der Waals surface area contributed by atoms with Crippen molar-refractivity contribution >= 4 is 5.91 Å². The van der Waals surface area contributed by atoms with E-state index < -0.39 is 0 Å². The fraction of sp³-hybridized carbons (Fsp3) is 0.421. The second-order valence-corrected chi connectivity index (χ2v) is 5.92. The molecule has 3 rings (SSSR count). The molecule has 7 nitrogen and oxygen atoms in total. The first-order chi connectivity index (χ1) is 12.7. The number of benzene rings is 1. The minimum atomic E-state index is -0.0201. The number of carbonyl (C=O) groups excluding carboxylic acids is 1. The van der Waals surface area contributed by atoms with Crippen LogP contribution < -0.4 is 14.2 Å². The van der Waals surface area contributed by atoms with Gasteiger partial charge in [0.2, 0.25) is 0 Å². The highest BCUT2D eigenvalue weighted by Gasteiger charge is 2.24. The van der Waals surface area contributed by atoms with Gasteiger partial charge in [0, 0.05) is 38.3 Å². The smallest absolute Gasteiger partial charge is 0.316 e. The van der Waals surface area contributed by atoms with Crippen molar-refractivity contribution in [2.45, 2.75) is 25.9 Å². The average Bonchev–Trinajstić information content (AvgIpc) is 2.69.